The van der Waals surface area contributed by atoms with Crippen molar-refractivity contribution >= 4 is 17.6 Å². The number of anilines is 1. The van der Waals surface area contributed by atoms with Gasteiger partial charge in [0.05, 0.1) is 0 Å². The Labute approximate surface area is 111 Å². The zero-order valence-electron chi connectivity index (χ0n) is 10.6. The first-order chi connectivity index (χ1) is 9.15. The maximum Gasteiger partial charge on any atom is 0.316 e. The fourth-order valence-electron chi connectivity index (χ4n) is 2.12. The highest BCUT2D eigenvalue weighted by Gasteiger charge is 2.16. The molecule has 1 aliphatic rings. The van der Waals surface area contributed by atoms with E-state index in [2.05, 4.69) is 16.0 Å². The summed E-state index contributed by atoms with van der Waals surface area (Å²) in [7, 11) is 0. The molecule has 5 N–H and O–H groups in total. The molecule has 1 aromatic carbocycles. The Morgan fingerprint density at radius 2 is 2.21 bits per heavy atom. The number of nitrogens with two attached hydrogens (primary N) is 1. The van der Waals surface area contributed by atoms with Gasteiger partial charge >= 0.3 is 6.03 Å². The average molecular weight is 262 g/mol. The minimum Gasteiger partial charge on any atom is -0.351 e. The lowest BCUT2D eigenvalue weighted by Crippen LogP contribution is -2.45. The van der Waals surface area contributed by atoms with E-state index in [4.69, 9.17) is 5.73 Å². The fourth-order valence-corrected chi connectivity index (χ4v) is 2.12. The van der Waals surface area contributed by atoms with Crippen molar-refractivity contribution in [3.8, 4) is 0 Å². The Kier molecular flexibility index (Phi) is 4.35. The Morgan fingerprint density at radius 3 is 2.89 bits per heavy atom. The van der Waals surface area contributed by atoms with E-state index in [0.29, 0.717) is 11.3 Å². The number of primary amides is 1. The molecular weight excluding hydrogens is 244 g/mol. The van der Waals surface area contributed by atoms with E-state index in [1.165, 1.54) is 0 Å². The normalized spacial score (nSPS) is 18.6. The van der Waals surface area contributed by atoms with Crippen molar-refractivity contribution in [1.29, 1.82) is 0 Å². The summed E-state index contributed by atoms with van der Waals surface area (Å²) in [6.45, 7) is 1.80. The van der Waals surface area contributed by atoms with Crippen LogP contribution in [-0.4, -0.2) is 31.1 Å². The van der Waals surface area contributed by atoms with Crippen molar-refractivity contribution in [3.05, 3.63) is 29.8 Å². The highest BCUT2D eigenvalue weighted by molar-refractivity contribution is 5.96. The molecular formula is C13H18N4O2. The Bertz CT molecular complexity index is 469. The molecule has 0 spiro atoms. The van der Waals surface area contributed by atoms with E-state index >= 15 is 0 Å². The summed E-state index contributed by atoms with van der Waals surface area (Å²) in [5.41, 5.74) is 6.07. The van der Waals surface area contributed by atoms with Crippen molar-refractivity contribution in [2.75, 3.05) is 18.4 Å². The third-order valence-electron chi connectivity index (χ3n) is 3.02. The van der Waals surface area contributed by atoms with Gasteiger partial charge in [-0.05, 0) is 37.6 Å². The van der Waals surface area contributed by atoms with E-state index in [1.54, 1.807) is 24.3 Å². The van der Waals surface area contributed by atoms with E-state index in [9.17, 15) is 9.59 Å². The zero-order chi connectivity index (χ0) is 13.7. The van der Waals surface area contributed by atoms with Crippen LogP contribution in [0.3, 0.4) is 0 Å². The number of urea groups is 1. The van der Waals surface area contributed by atoms with Gasteiger partial charge < -0.3 is 21.7 Å². The molecule has 1 fully saturated rings. The highest BCUT2D eigenvalue weighted by atomic mass is 16.2. The lowest BCUT2D eigenvalue weighted by molar-refractivity contribution is 0.0930. The van der Waals surface area contributed by atoms with Crippen molar-refractivity contribution in [1.82, 2.24) is 10.6 Å². The number of nitrogens with one attached hydrogen (secondary N) is 3. The first-order valence-electron chi connectivity index (χ1n) is 6.33. The van der Waals surface area contributed by atoms with Gasteiger partial charge in [0, 0.05) is 23.8 Å². The molecule has 6 heteroatoms. The quantitative estimate of drug-likeness (QED) is 0.644. The summed E-state index contributed by atoms with van der Waals surface area (Å²) in [5.74, 6) is -0.137. The van der Waals surface area contributed by atoms with Crippen LogP contribution in [-0.2, 0) is 0 Å². The van der Waals surface area contributed by atoms with Gasteiger partial charge in [0.15, 0.2) is 0 Å². The number of benzene rings is 1. The smallest absolute Gasteiger partial charge is 0.316 e. The number of hydrogen-bond acceptors (Lipinski definition) is 3. The molecule has 1 aliphatic heterocycles. The molecule has 0 aromatic heterocycles. The van der Waals surface area contributed by atoms with Gasteiger partial charge in [-0.15, -0.1) is 0 Å². The molecule has 0 saturated carbocycles. The van der Waals surface area contributed by atoms with E-state index in [0.717, 1.165) is 25.9 Å². The predicted octanol–water partition coefficient (Wildman–Crippen LogP) is 0.659. The second kappa shape index (κ2) is 6.19. The van der Waals surface area contributed by atoms with E-state index < -0.39 is 6.03 Å². The number of piperidine rings is 1. The molecule has 2 rings (SSSR count). The van der Waals surface area contributed by atoms with Crippen LogP contribution in [0.15, 0.2) is 24.3 Å². The van der Waals surface area contributed by atoms with Crippen LogP contribution in [0, 0.1) is 0 Å². The minimum atomic E-state index is -0.644. The summed E-state index contributed by atoms with van der Waals surface area (Å²) in [6.07, 6.45) is 2.05. The molecule has 19 heavy (non-hydrogen) atoms. The van der Waals surface area contributed by atoms with Gasteiger partial charge in [-0.3, -0.25) is 4.79 Å². The molecule has 6 nitrogen and oxygen atoms in total. The number of carbonyl (C=O) groups excluding carboxylic acids is 2. The first kappa shape index (κ1) is 13.4. The number of carbonyl (C=O) groups is 2. The summed E-state index contributed by atoms with van der Waals surface area (Å²) in [4.78, 5) is 22.8. The third-order valence-corrected chi connectivity index (χ3v) is 3.02. The molecule has 1 saturated heterocycles. The predicted molar refractivity (Wildman–Crippen MR) is 73.0 cm³/mol. The molecule has 1 atom stereocenters. The summed E-state index contributed by atoms with van der Waals surface area (Å²) < 4.78 is 0. The van der Waals surface area contributed by atoms with E-state index in [1.807, 2.05) is 0 Å². The minimum absolute atomic E-state index is 0.137. The molecule has 1 heterocycles. The SMILES string of the molecule is NC(=O)Nc1cccc(C(=O)N[C@H]2CCCNC2)c1. The lowest BCUT2D eigenvalue weighted by atomic mass is 10.1. The van der Waals surface area contributed by atoms with E-state index in [-0.39, 0.29) is 11.9 Å². The monoisotopic (exact) mass is 262 g/mol. The molecule has 1 aromatic rings. The summed E-state index contributed by atoms with van der Waals surface area (Å²) >= 11 is 0. The first-order valence-corrected chi connectivity index (χ1v) is 6.33. The fraction of sp³-hybridized carbons (Fsp3) is 0.385. The van der Waals surface area contributed by atoms with Crippen LogP contribution in [0.5, 0.6) is 0 Å². The van der Waals surface area contributed by atoms with Crippen molar-refractivity contribution in [2.45, 2.75) is 18.9 Å². The second-order valence-electron chi connectivity index (χ2n) is 4.59. The second-order valence-corrected chi connectivity index (χ2v) is 4.59. The topological polar surface area (TPSA) is 96.2 Å². The van der Waals surface area contributed by atoms with Crippen LogP contribution in [0.2, 0.25) is 0 Å². The molecule has 0 radical (unpaired) electrons. The van der Waals surface area contributed by atoms with Gasteiger partial charge in [0.25, 0.3) is 5.91 Å². The maximum absolute atomic E-state index is 12.1. The standard InChI is InChI=1S/C13H18N4O2/c14-13(19)17-10-4-1-3-9(7-10)12(18)16-11-5-2-6-15-8-11/h1,3-4,7,11,15H,2,5-6,8H2,(H,16,18)(H3,14,17,19)/t11-/m0/s1. The van der Waals surface area contributed by atoms with Crippen molar-refractivity contribution in [3.63, 3.8) is 0 Å². The van der Waals surface area contributed by atoms with Gasteiger partial charge in [0.2, 0.25) is 0 Å². The third kappa shape index (κ3) is 3.96. The molecule has 0 bridgehead atoms. The van der Waals surface area contributed by atoms with Crippen LogP contribution in [0.4, 0.5) is 10.5 Å². The van der Waals surface area contributed by atoms with Crippen LogP contribution >= 0.6 is 0 Å². The molecule has 0 aliphatic carbocycles. The highest BCUT2D eigenvalue weighted by Crippen LogP contribution is 2.11. The number of amides is 3. The number of rotatable bonds is 3. The Morgan fingerprint density at radius 1 is 1.37 bits per heavy atom. The van der Waals surface area contributed by atoms with Gasteiger partial charge in [-0.1, -0.05) is 6.07 Å². The van der Waals surface area contributed by atoms with Crippen LogP contribution in [0.25, 0.3) is 0 Å². The Hall–Kier alpha value is -2.08. The van der Waals surface area contributed by atoms with Gasteiger partial charge in [-0.2, -0.15) is 0 Å². The summed E-state index contributed by atoms with van der Waals surface area (Å²) in [6, 6.07) is 6.22. The molecule has 102 valence electrons. The Balaban J connectivity index is 1.99. The van der Waals surface area contributed by atoms with Gasteiger partial charge in [0.1, 0.15) is 0 Å². The van der Waals surface area contributed by atoms with Gasteiger partial charge in [-0.25, -0.2) is 4.79 Å². The number of hydrogen-bond donors (Lipinski definition) is 4. The van der Waals surface area contributed by atoms with Crippen molar-refractivity contribution in [2.24, 2.45) is 5.73 Å². The lowest BCUT2D eigenvalue weighted by Gasteiger charge is -2.23. The van der Waals surface area contributed by atoms with Crippen LogP contribution in [0.1, 0.15) is 23.2 Å². The average Bonchev–Trinajstić information content (AvgIpc) is 2.39. The molecule has 0 unspecified atom stereocenters. The molecule has 3 amide bonds. The van der Waals surface area contributed by atoms with Crippen molar-refractivity contribution < 1.29 is 9.59 Å². The summed E-state index contributed by atoms with van der Waals surface area (Å²) in [5, 5.41) is 8.66. The maximum atomic E-state index is 12.1. The zero-order valence-corrected chi connectivity index (χ0v) is 10.6. The van der Waals surface area contributed by atoms with Crippen LogP contribution < -0.4 is 21.7 Å². The largest absolute Gasteiger partial charge is 0.351 e.